The number of aromatic nitrogens is 2. The number of hydrogen-bond acceptors (Lipinski definition) is 4. The summed E-state index contributed by atoms with van der Waals surface area (Å²) in [5.74, 6) is 0. The SMILES string of the molecule is c1cc2[nH]ncc2cc1NC1CC2CCC(C1)N2C1CCOCC1. The van der Waals surface area contributed by atoms with Crippen LogP contribution in [0.3, 0.4) is 0 Å². The van der Waals surface area contributed by atoms with Crippen molar-refractivity contribution in [1.29, 1.82) is 0 Å². The minimum Gasteiger partial charge on any atom is -0.382 e. The summed E-state index contributed by atoms with van der Waals surface area (Å²) in [5.41, 5.74) is 2.34. The third-order valence-corrected chi connectivity index (χ3v) is 6.21. The molecular weight excluding hydrogens is 300 g/mol. The molecule has 128 valence electrons. The van der Waals surface area contributed by atoms with E-state index in [2.05, 4.69) is 38.6 Å². The fourth-order valence-electron chi connectivity index (χ4n) is 5.18. The van der Waals surface area contributed by atoms with Crippen molar-refractivity contribution >= 4 is 16.6 Å². The standard InChI is InChI=1S/C19H26N4O/c1-4-19-13(12-20-22-19)9-14(1)21-15-10-17-2-3-18(11-15)23(17)16-5-7-24-8-6-16/h1,4,9,12,15-18,21H,2-3,5-8,10-11H2,(H,20,22). The van der Waals surface area contributed by atoms with E-state index in [-0.39, 0.29) is 0 Å². The molecule has 2 unspecified atom stereocenters. The van der Waals surface area contributed by atoms with E-state index in [0.29, 0.717) is 6.04 Å². The van der Waals surface area contributed by atoms with Crippen molar-refractivity contribution in [3.8, 4) is 0 Å². The lowest BCUT2D eigenvalue weighted by Crippen LogP contribution is -2.52. The molecule has 1 aromatic heterocycles. The molecule has 3 saturated heterocycles. The Kier molecular flexibility index (Phi) is 3.71. The van der Waals surface area contributed by atoms with Gasteiger partial charge in [-0.3, -0.25) is 10.00 Å². The number of H-pyrrole nitrogens is 1. The van der Waals surface area contributed by atoms with Crippen molar-refractivity contribution < 1.29 is 4.74 Å². The van der Waals surface area contributed by atoms with Crippen LogP contribution >= 0.6 is 0 Å². The van der Waals surface area contributed by atoms with Crippen molar-refractivity contribution in [1.82, 2.24) is 15.1 Å². The first-order valence-corrected chi connectivity index (χ1v) is 9.42. The predicted octanol–water partition coefficient (Wildman–Crippen LogP) is 3.15. The lowest BCUT2D eigenvalue weighted by Gasteiger charge is -2.45. The zero-order valence-corrected chi connectivity index (χ0v) is 14.1. The highest BCUT2D eigenvalue weighted by Crippen LogP contribution is 2.40. The van der Waals surface area contributed by atoms with E-state index in [1.807, 2.05) is 6.20 Å². The zero-order valence-electron chi connectivity index (χ0n) is 14.1. The van der Waals surface area contributed by atoms with Crippen LogP contribution in [0.2, 0.25) is 0 Å². The van der Waals surface area contributed by atoms with Gasteiger partial charge in [-0.25, -0.2) is 0 Å². The van der Waals surface area contributed by atoms with Gasteiger partial charge >= 0.3 is 0 Å². The number of fused-ring (bicyclic) bond motifs is 3. The summed E-state index contributed by atoms with van der Waals surface area (Å²) in [4.78, 5) is 2.86. The number of nitrogens with zero attached hydrogens (tertiary/aromatic N) is 2. The summed E-state index contributed by atoms with van der Waals surface area (Å²) in [6, 6.07) is 9.40. The van der Waals surface area contributed by atoms with E-state index in [1.54, 1.807) is 0 Å². The van der Waals surface area contributed by atoms with Gasteiger partial charge in [-0.15, -0.1) is 0 Å². The summed E-state index contributed by atoms with van der Waals surface area (Å²) in [6.45, 7) is 1.90. The molecule has 5 heteroatoms. The molecule has 0 aliphatic carbocycles. The molecule has 2 bridgehead atoms. The van der Waals surface area contributed by atoms with Gasteiger partial charge in [0, 0.05) is 48.5 Å². The van der Waals surface area contributed by atoms with Crippen molar-refractivity contribution in [2.45, 2.75) is 62.7 Å². The minimum absolute atomic E-state index is 0.600. The van der Waals surface area contributed by atoms with Crippen molar-refractivity contribution in [2.24, 2.45) is 0 Å². The molecule has 3 fully saturated rings. The number of ether oxygens (including phenoxy) is 1. The maximum absolute atomic E-state index is 5.56. The molecule has 0 spiro atoms. The molecule has 4 heterocycles. The third-order valence-electron chi connectivity index (χ3n) is 6.21. The lowest BCUT2D eigenvalue weighted by atomic mass is 9.93. The highest BCUT2D eigenvalue weighted by molar-refractivity contribution is 5.81. The van der Waals surface area contributed by atoms with Gasteiger partial charge in [-0.1, -0.05) is 0 Å². The second-order valence-corrected chi connectivity index (χ2v) is 7.66. The van der Waals surface area contributed by atoms with Gasteiger partial charge in [-0.2, -0.15) is 5.10 Å². The number of benzene rings is 1. The van der Waals surface area contributed by atoms with Crippen LogP contribution in [0, 0.1) is 0 Å². The smallest absolute Gasteiger partial charge is 0.0651 e. The van der Waals surface area contributed by atoms with Crippen LogP contribution in [-0.4, -0.2) is 52.5 Å². The first-order chi connectivity index (χ1) is 11.9. The Morgan fingerprint density at radius 2 is 1.83 bits per heavy atom. The molecule has 2 atom stereocenters. The lowest BCUT2D eigenvalue weighted by molar-refractivity contribution is -0.00117. The zero-order chi connectivity index (χ0) is 15.9. The number of piperidine rings is 1. The first kappa shape index (κ1) is 14.7. The summed E-state index contributed by atoms with van der Waals surface area (Å²) in [6.07, 6.45) is 9.65. The van der Waals surface area contributed by atoms with E-state index in [4.69, 9.17) is 4.74 Å². The largest absolute Gasteiger partial charge is 0.382 e. The summed E-state index contributed by atoms with van der Waals surface area (Å²) in [5, 5.41) is 12.1. The summed E-state index contributed by atoms with van der Waals surface area (Å²) in [7, 11) is 0. The summed E-state index contributed by atoms with van der Waals surface area (Å²) >= 11 is 0. The average molecular weight is 326 g/mol. The second-order valence-electron chi connectivity index (χ2n) is 7.66. The van der Waals surface area contributed by atoms with Crippen LogP contribution in [0.5, 0.6) is 0 Å². The van der Waals surface area contributed by atoms with Crippen molar-refractivity contribution in [3.05, 3.63) is 24.4 Å². The third kappa shape index (κ3) is 2.60. The van der Waals surface area contributed by atoms with Gasteiger partial charge < -0.3 is 10.1 Å². The van der Waals surface area contributed by atoms with Crippen LogP contribution in [0.25, 0.3) is 10.9 Å². The van der Waals surface area contributed by atoms with E-state index >= 15 is 0 Å². The van der Waals surface area contributed by atoms with Crippen LogP contribution in [0.15, 0.2) is 24.4 Å². The number of rotatable bonds is 3. The Labute approximate surface area is 142 Å². The van der Waals surface area contributed by atoms with E-state index in [0.717, 1.165) is 36.9 Å². The second kappa shape index (κ2) is 6.05. The van der Waals surface area contributed by atoms with Gasteiger partial charge in [0.25, 0.3) is 0 Å². The molecule has 2 aromatic rings. The number of anilines is 1. The molecule has 0 saturated carbocycles. The molecule has 0 amide bonds. The van der Waals surface area contributed by atoms with Crippen LogP contribution in [0.1, 0.15) is 38.5 Å². The Bertz CT molecular complexity index is 694. The van der Waals surface area contributed by atoms with E-state index < -0.39 is 0 Å². The van der Waals surface area contributed by atoms with Crippen LogP contribution in [0.4, 0.5) is 5.69 Å². The normalized spacial score (nSPS) is 31.6. The molecule has 0 radical (unpaired) electrons. The Hall–Kier alpha value is -1.59. The maximum atomic E-state index is 5.56. The van der Waals surface area contributed by atoms with Gasteiger partial charge in [0.15, 0.2) is 0 Å². The maximum Gasteiger partial charge on any atom is 0.0651 e. The van der Waals surface area contributed by atoms with Gasteiger partial charge in [0.05, 0.1) is 11.7 Å². The van der Waals surface area contributed by atoms with Crippen LogP contribution in [-0.2, 0) is 4.74 Å². The van der Waals surface area contributed by atoms with E-state index in [1.165, 1.54) is 49.6 Å². The quantitative estimate of drug-likeness (QED) is 0.910. The highest BCUT2D eigenvalue weighted by Gasteiger charge is 2.43. The minimum atomic E-state index is 0.600. The van der Waals surface area contributed by atoms with E-state index in [9.17, 15) is 0 Å². The average Bonchev–Trinajstić information content (AvgIpc) is 3.18. The Morgan fingerprint density at radius 1 is 1.04 bits per heavy atom. The van der Waals surface area contributed by atoms with Crippen molar-refractivity contribution in [2.75, 3.05) is 18.5 Å². The molecule has 5 nitrogen and oxygen atoms in total. The van der Waals surface area contributed by atoms with Gasteiger partial charge in [-0.05, 0) is 56.7 Å². The molecule has 24 heavy (non-hydrogen) atoms. The molecule has 3 aliphatic rings. The monoisotopic (exact) mass is 326 g/mol. The number of hydrogen-bond donors (Lipinski definition) is 2. The number of nitrogens with one attached hydrogen (secondary N) is 2. The fraction of sp³-hybridized carbons (Fsp3) is 0.632. The molecular formula is C19H26N4O. The predicted molar refractivity (Wildman–Crippen MR) is 95.2 cm³/mol. The van der Waals surface area contributed by atoms with Crippen molar-refractivity contribution in [3.63, 3.8) is 0 Å². The Morgan fingerprint density at radius 3 is 2.62 bits per heavy atom. The van der Waals surface area contributed by atoms with Crippen LogP contribution < -0.4 is 5.32 Å². The van der Waals surface area contributed by atoms with Gasteiger partial charge in [0.1, 0.15) is 0 Å². The molecule has 3 aliphatic heterocycles. The Balaban J connectivity index is 1.28. The summed E-state index contributed by atoms with van der Waals surface area (Å²) < 4.78 is 5.56. The first-order valence-electron chi connectivity index (χ1n) is 9.42. The molecule has 2 N–H and O–H groups in total. The molecule has 5 rings (SSSR count). The fourth-order valence-corrected chi connectivity index (χ4v) is 5.18. The number of aromatic amines is 1. The molecule has 1 aromatic carbocycles. The highest BCUT2D eigenvalue weighted by atomic mass is 16.5. The van der Waals surface area contributed by atoms with Gasteiger partial charge in [0.2, 0.25) is 0 Å². The topological polar surface area (TPSA) is 53.2 Å².